The second-order valence-corrected chi connectivity index (χ2v) is 7.59. The van der Waals surface area contributed by atoms with E-state index >= 15 is 0 Å². The van der Waals surface area contributed by atoms with Gasteiger partial charge in [-0.2, -0.15) is 18.2 Å². The van der Waals surface area contributed by atoms with Gasteiger partial charge in [-0.15, -0.1) is 0 Å². The third-order valence-corrected chi connectivity index (χ3v) is 5.39. The molecular formula is C22H22F3N3O3. The number of likely N-dealkylation sites (tertiary alicyclic amines) is 1. The molecule has 1 saturated heterocycles. The third-order valence-electron chi connectivity index (χ3n) is 5.39. The van der Waals surface area contributed by atoms with Crippen LogP contribution in [0, 0.1) is 0 Å². The minimum absolute atomic E-state index is 0.183. The lowest BCUT2D eigenvalue weighted by Crippen LogP contribution is -2.42. The Labute approximate surface area is 177 Å². The second-order valence-electron chi connectivity index (χ2n) is 7.59. The molecular weight excluding hydrogens is 411 g/mol. The molecule has 31 heavy (non-hydrogen) atoms. The minimum atomic E-state index is -4.44. The average molecular weight is 433 g/mol. The van der Waals surface area contributed by atoms with Crippen LogP contribution in [0.2, 0.25) is 0 Å². The van der Waals surface area contributed by atoms with Crippen LogP contribution in [0.3, 0.4) is 0 Å². The van der Waals surface area contributed by atoms with E-state index in [1.165, 1.54) is 6.07 Å². The van der Waals surface area contributed by atoms with Gasteiger partial charge in [0.05, 0.1) is 17.7 Å². The zero-order chi connectivity index (χ0) is 21.9. The summed E-state index contributed by atoms with van der Waals surface area (Å²) < 4.78 is 49.9. The molecule has 1 aliphatic rings. The lowest BCUT2D eigenvalue weighted by atomic mass is 9.84. The van der Waals surface area contributed by atoms with E-state index < -0.39 is 17.3 Å². The smallest absolute Gasteiger partial charge is 0.416 e. The quantitative estimate of drug-likeness (QED) is 0.630. The van der Waals surface area contributed by atoms with Crippen LogP contribution in [0.15, 0.2) is 59.1 Å². The van der Waals surface area contributed by atoms with Gasteiger partial charge in [0.1, 0.15) is 5.75 Å². The Hall–Kier alpha value is -2.91. The first kappa shape index (κ1) is 21.3. The van der Waals surface area contributed by atoms with Crippen molar-refractivity contribution in [3.05, 3.63) is 77.4 Å². The first-order valence-corrected chi connectivity index (χ1v) is 9.94. The number of aliphatic hydroxyl groups is 1. The van der Waals surface area contributed by atoms with E-state index in [4.69, 9.17) is 9.26 Å². The molecule has 0 unspecified atom stereocenters. The first-order chi connectivity index (χ1) is 14.8. The van der Waals surface area contributed by atoms with Crippen LogP contribution in [-0.2, 0) is 24.9 Å². The number of para-hydroxylation sites is 1. The molecule has 0 bridgehead atoms. The Bertz CT molecular complexity index is 1000. The molecule has 0 spiro atoms. The Morgan fingerprint density at radius 3 is 2.52 bits per heavy atom. The summed E-state index contributed by atoms with van der Waals surface area (Å²) in [6.45, 7) is 1.57. The van der Waals surface area contributed by atoms with Crippen molar-refractivity contribution in [2.24, 2.45) is 0 Å². The Morgan fingerprint density at radius 2 is 1.81 bits per heavy atom. The van der Waals surface area contributed by atoms with Crippen molar-refractivity contribution in [2.75, 3.05) is 13.1 Å². The maximum absolute atomic E-state index is 13.0. The van der Waals surface area contributed by atoms with Crippen LogP contribution in [-0.4, -0.2) is 33.2 Å². The van der Waals surface area contributed by atoms with Crippen LogP contribution in [0.1, 0.15) is 35.7 Å². The van der Waals surface area contributed by atoms with Crippen LogP contribution in [0.25, 0.3) is 0 Å². The van der Waals surface area contributed by atoms with Crippen LogP contribution < -0.4 is 4.74 Å². The first-order valence-electron chi connectivity index (χ1n) is 9.94. The molecule has 4 rings (SSSR count). The van der Waals surface area contributed by atoms with E-state index in [1.54, 1.807) is 6.07 Å². The molecule has 0 atom stereocenters. The molecule has 2 heterocycles. The summed E-state index contributed by atoms with van der Waals surface area (Å²) in [5.41, 5.74) is -1.75. The van der Waals surface area contributed by atoms with Gasteiger partial charge in [0, 0.05) is 13.1 Å². The highest BCUT2D eigenvalue weighted by atomic mass is 19.4. The normalized spacial score (nSPS) is 16.9. The van der Waals surface area contributed by atoms with Gasteiger partial charge < -0.3 is 14.4 Å². The second kappa shape index (κ2) is 8.68. The van der Waals surface area contributed by atoms with Crippen LogP contribution in [0.4, 0.5) is 13.2 Å². The van der Waals surface area contributed by atoms with E-state index in [0.717, 1.165) is 12.1 Å². The van der Waals surface area contributed by atoms with Gasteiger partial charge in [-0.3, -0.25) is 4.90 Å². The van der Waals surface area contributed by atoms with E-state index in [2.05, 4.69) is 10.1 Å². The van der Waals surface area contributed by atoms with E-state index in [9.17, 15) is 18.3 Å². The monoisotopic (exact) mass is 433 g/mol. The van der Waals surface area contributed by atoms with Crippen molar-refractivity contribution in [1.29, 1.82) is 0 Å². The fraction of sp³-hybridized carbons (Fsp3) is 0.364. The highest BCUT2D eigenvalue weighted by Gasteiger charge is 2.37. The van der Waals surface area contributed by atoms with Crippen molar-refractivity contribution < 1.29 is 27.5 Å². The lowest BCUT2D eigenvalue weighted by molar-refractivity contribution is -0.137. The maximum atomic E-state index is 13.0. The summed E-state index contributed by atoms with van der Waals surface area (Å²) in [4.78, 5) is 6.35. The molecule has 0 radical (unpaired) electrons. The molecule has 6 nitrogen and oxygen atoms in total. The Morgan fingerprint density at radius 1 is 1.06 bits per heavy atom. The van der Waals surface area contributed by atoms with Gasteiger partial charge in [-0.25, -0.2) is 0 Å². The molecule has 9 heteroatoms. The predicted octanol–water partition coefficient (Wildman–Crippen LogP) is 4.15. The summed E-state index contributed by atoms with van der Waals surface area (Å²) in [6.07, 6.45) is -3.81. The summed E-state index contributed by atoms with van der Waals surface area (Å²) in [6, 6.07) is 14.2. The number of nitrogens with zero attached hydrogens (tertiary/aromatic N) is 3. The molecule has 1 aromatic heterocycles. The van der Waals surface area contributed by atoms with E-state index in [1.807, 2.05) is 35.2 Å². The van der Waals surface area contributed by atoms with Crippen molar-refractivity contribution in [3.63, 3.8) is 0 Å². The third kappa shape index (κ3) is 5.23. The number of benzene rings is 2. The van der Waals surface area contributed by atoms with E-state index in [-0.39, 0.29) is 6.61 Å². The number of alkyl halides is 3. The number of piperidine rings is 1. The van der Waals surface area contributed by atoms with Crippen molar-refractivity contribution in [1.82, 2.24) is 15.0 Å². The van der Waals surface area contributed by atoms with Crippen LogP contribution in [0.5, 0.6) is 5.75 Å². The van der Waals surface area contributed by atoms with Gasteiger partial charge in [0.25, 0.3) is 0 Å². The SMILES string of the molecule is OC1(c2cccc(C(F)(F)F)c2)CCN(Cc2nc(COc3ccccc3)no2)CC1. The molecule has 2 aromatic carbocycles. The molecule has 164 valence electrons. The molecule has 0 amide bonds. The van der Waals surface area contributed by atoms with Crippen molar-refractivity contribution >= 4 is 0 Å². The lowest BCUT2D eigenvalue weighted by Gasteiger charge is -2.38. The average Bonchev–Trinajstić information content (AvgIpc) is 3.22. The summed E-state index contributed by atoms with van der Waals surface area (Å²) in [5, 5.41) is 14.8. The maximum Gasteiger partial charge on any atom is 0.416 e. The zero-order valence-electron chi connectivity index (χ0n) is 16.7. The predicted molar refractivity (Wildman–Crippen MR) is 105 cm³/mol. The summed E-state index contributed by atoms with van der Waals surface area (Å²) in [5.74, 6) is 1.56. The van der Waals surface area contributed by atoms with Crippen molar-refractivity contribution in [2.45, 2.75) is 37.8 Å². The fourth-order valence-corrected chi connectivity index (χ4v) is 3.62. The summed E-state index contributed by atoms with van der Waals surface area (Å²) in [7, 11) is 0. The molecule has 0 saturated carbocycles. The number of hydrogen-bond acceptors (Lipinski definition) is 6. The largest absolute Gasteiger partial charge is 0.485 e. The molecule has 1 N–H and O–H groups in total. The molecule has 1 aliphatic heterocycles. The molecule has 0 aliphatic carbocycles. The van der Waals surface area contributed by atoms with Gasteiger partial charge in [0.2, 0.25) is 11.7 Å². The minimum Gasteiger partial charge on any atom is -0.485 e. The summed E-state index contributed by atoms with van der Waals surface area (Å²) >= 11 is 0. The highest BCUT2D eigenvalue weighted by molar-refractivity contribution is 5.30. The van der Waals surface area contributed by atoms with Crippen molar-refractivity contribution in [3.8, 4) is 5.75 Å². The molecule has 3 aromatic rings. The van der Waals surface area contributed by atoms with Gasteiger partial charge >= 0.3 is 6.18 Å². The standard InChI is InChI=1S/C22H22F3N3O3/c23-22(24,25)17-6-4-5-16(13-17)21(29)9-11-28(12-10-21)14-20-26-19(27-31-20)15-30-18-7-2-1-3-8-18/h1-8,13,29H,9-12,14-15H2. The number of hydrogen-bond donors (Lipinski definition) is 1. The molecule has 1 fully saturated rings. The zero-order valence-corrected chi connectivity index (χ0v) is 16.7. The number of halogens is 3. The Kier molecular flexibility index (Phi) is 5.97. The Balaban J connectivity index is 1.32. The van der Waals surface area contributed by atoms with Gasteiger partial charge in [-0.1, -0.05) is 35.5 Å². The van der Waals surface area contributed by atoms with Gasteiger partial charge in [-0.05, 0) is 42.7 Å². The van der Waals surface area contributed by atoms with Crippen LogP contribution >= 0.6 is 0 Å². The van der Waals surface area contributed by atoms with Gasteiger partial charge in [0.15, 0.2) is 6.61 Å². The van der Waals surface area contributed by atoms with E-state index in [0.29, 0.717) is 55.5 Å². The fourth-order valence-electron chi connectivity index (χ4n) is 3.62. The number of ether oxygens (including phenoxy) is 1. The number of aromatic nitrogens is 2. The topological polar surface area (TPSA) is 71.6 Å². The highest BCUT2D eigenvalue weighted by Crippen LogP contribution is 2.37. The number of rotatable bonds is 6.